The van der Waals surface area contributed by atoms with Gasteiger partial charge in [-0.25, -0.2) is 0 Å². The number of hydrogen-bond donors (Lipinski definition) is 0. The van der Waals surface area contributed by atoms with Crippen LogP contribution >= 0.6 is 27.6 Å². The molecule has 122 valence electrons. The van der Waals surface area contributed by atoms with E-state index in [-0.39, 0.29) is 0 Å². The summed E-state index contributed by atoms with van der Waals surface area (Å²) in [4.78, 5) is 2.75. The molecule has 0 aliphatic carbocycles. The average molecular weight is 379 g/mol. The quantitative estimate of drug-likeness (QED) is 0.472. The van der Waals surface area contributed by atoms with Crippen LogP contribution in [0.3, 0.4) is 0 Å². The first-order chi connectivity index (χ1) is 11.0. The SMILES string of the molecule is CCCC(C)P1(=S)c2cc(C)ccc2SSc2ccc(C)cc21. The van der Waals surface area contributed by atoms with Crippen LogP contribution in [0.2, 0.25) is 0 Å². The van der Waals surface area contributed by atoms with Crippen molar-refractivity contribution in [3.63, 3.8) is 0 Å². The molecule has 0 saturated carbocycles. The van der Waals surface area contributed by atoms with Gasteiger partial charge < -0.3 is 0 Å². The maximum absolute atomic E-state index is 6.54. The van der Waals surface area contributed by atoms with Crippen molar-refractivity contribution < 1.29 is 0 Å². The highest BCUT2D eigenvalue weighted by Crippen LogP contribution is 2.58. The summed E-state index contributed by atoms with van der Waals surface area (Å²) >= 11 is 6.54. The van der Waals surface area contributed by atoms with Gasteiger partial charge in [-0.1, -0.05) is 76.9 Å². The Labute approximate surface area is 153 Å². The number of fused-ring (bicyclic) bond motifs is 2. The lowest BCUT2D eigenvalue weighted by molar-refractivity contribution is 0.781. The number of aryl methyl sites for hydroxylation is 2. The highest BCUT2D eigenvalue weighted by atomic mass is 33.1. The summed E-state index contributed by atoms with van der Waals surface area (Å²) in [5.41, 5.74) is 3.19. The van der Waals surface area contributed by atoms with Gasteiger partial charge in [0.25, 0.3) is 0 Å². The van der Waals surface area contributed by atoms with E-state index in [0.717, 1.165) is 0 Å². The van der Waals surface area contributed by atoms with E-state index >= 15 is 0 Å². The third-order valence-corrected chi connectivity index (χ3v) is 13.2. The zero-order valence-electron chi connectivity index (χ0n) is 14.1. The van der Waals surface area contributed by atoms with Crippen LogP contribution in [0.5, 0.6) is 0 Å². The van der Waals surface area contributed by atoms with Gasteiger partial charge in [0.2, 0.25) is 0 Å². The van der Waals surface area contributed by atoms with Gasteiger partial charge in [0.05, 0.1) is 0 Å². The highest BCUT2D eigenvalue weighted by Gasteiger charge is 2.35. The second kappa shape index (κ2) is 6.96. The smallest absolute Gasteiger partial charge is 0.0274 e. The van der Waals surface area contributed by atoms with Crippen LogP contribution < -0.4 is 10.6 Å². The molecule has 1 heterocycles. The Kier molecular flexibility index (Phi) is 5.33. The molecule has 2 aromatic rings. The van der Waals surface area contributed by atoms with Crippen LogP contribution in [0.25, 0.3) is 0 Å². The van der Waals surface area contributed by atoms with Crippen LogP contribution in [0, 0.1) is 13.8 Å². The van der Waals surface area contributed by atoms with Gasteiger partial charge in [0.15, 0.2) is 0 Å². The molecule has 4 heteroatoms. The molecule has 0 N–H and O–H groups in total. The van der Waals surface area contributed by atoms with E-state index in [1.807, 2.05) is 21.6 Å². The predicted octanol–water partition coefficient (Wildman–Crippen LogP) is 6.04. The standard InChI is InChI=1S/C19H23PS3/c1-5-6-15(4)20(21)16-11-13(2)7-9-18(16)22-23-19-10-8-14(3)12-17(19)20/h7-12,15H,5-6H2,1-4H3. The molecule has 1 aliphatic heterocycles. The van der Waals surface area contributed by atoms with E-state index in [1.165, 1.54) is 44.4 Å². The molecule has 3 rings (SSSR count). The van der Waals surface area contributed by atoms with E-state index in [4.69, 9.17) is 11.8 Å². The van der Waals surface area contributed by atoms with Gasteiger partial charge in [0.1, 0.15) is 0 Å². The van der Waals surface area contributed by atoms with Crippen molar-refractivity contribution in [1.82, 2.24) is 0 Å². The maximum Gasteiger partial charge on any atom is 0.0274 e. The topological polar surface area (TPSA) is 0 Å². The van der Waals surface area contributed by atoms with E-state index in [9.17, 15) is 0 Å². The summed E-state index contributed by atoms with van der Waals surface area (Å²) in [6.45, 7) is 9.02. The lowest BCUT2D eigenvalue weighted by Crippen LogP contribution is -2.25. The van der Waals surface area contributed by atoms with Crippen LogP contribution in [-0.4, -0.2) is 5.66 Å². The van der Waals surface area contributed by atoms with Crippen molar-refractivity contribution in [2.75, 3.05) is 0 Å². The molecular formula is C19H23PS3. The van der Waals surface area contributed by atoms with Gasteiger partial charge in [-0.05, 0) is 50.2 Å². The third kappa shape index (κ3) is 3.18. The minimum Gasteiger partial charge on any atom is -0.0872 e. The molecule has 1 unspecified atom stereocenters. The number of hydrogen-bond acceptors (Lipinski definition) is 3. The summed E-state index contributed by atoms with van der Waals surface area (Å²) in [6, 6.07) is 11.9. The average Bonchev–Trinajstić information content (AvgIpc) is 2.64. The maximum atomic E-state index is 6.54. The fraction of sp³-hybridized carbons (Fsp3) is 0.368. The van der Waals surface area contributed by atoms with Crippen molar-refractivity contribution >= 4 is 50.0 Å². The zero-order chi connectivity index (χ0) is 16.6. The molecule has 0 aromatic heterocycles. The van der Waals surface area contributed by atoms with Crippen molar-refractivity contribution in [2.45, 2.75) is 56.0 Å². The minimum atomic E-state index is -1.81. The van der Waals surface area contributed by atoms with Crippen molar-refractivity contribution in [3.05, 3.63) is 47.5 Å². The van der Waals surface area contributed by atoms with E-state index in [2.05, 4.69) is 64.1 Å². The minimum absolute atomic E-state index is 0.544. The molecule has 2 aromatic carbocycles. The Morgan fingerprint density at radius 3 is 1.87 bits per heavy atom. The molecule has 0 fully saturated rings. The van der Waals surface area contributed by atoms with Gasteiger partial charge in [-0.3, -0.25) is 0 Å². The van der Waals surface area contributed by atoms with Gasteiger partial charge in [-0.15, -0.1) is 0 Å². The molecule has 0 saturated heterocycles. The van der Waals surface area contributed by atoms with E-state index in [0.29, 0.717) is 5.66 Å². The Morgan fingerprint density at radius 2 is 1.43 bits per heavy atom. The Morgan fingerprint density at radius 1 is 0.957 bits per heavy atom. The summed E-state index contributed by atoms with van der Waals surface area (Å²) in [7, 11) is 3.76. The predicted molar refractivity (Wildman–Crippen MR) is 112 cm³/mol. The Balaban J connectivity index is 2.32. The summed E-state index contributed by atoms with van der Waals surface area (Å²) in [6.07, 6.45) is 2.40. The molecule has 0 radical (unpaired) electrons. The van der Waals surface area contributed by atoms with Crippen LogP contribution in [0.15, 0.2) is 46.2 Å². The molecule has 1 aliphatic rings. The largest absolute Gasteiger partial charge is 0.0872 e. The van der Waals surface area contributed by atoms with Crippen LogP contribution in [0.1, 0.15) is 37.8 Å². The first-order valence-corrected chi connectivity index (χ1v) is 13.2. The lowest BCUT2D eigenvalue weighted by atomic mass is 10.2. The molecule has 0 amide bonds. The molecule has 23 heavy (non-hydrogen) atoms. The lowest BCUT2D eigenvalue weighted by Gasteiger charge is -2.31. The first kappa shape index (κ1) is 17.6. The third-order valence-electron chi connectivity index (χ3n) is 4.49. The monoisotopic (exact) mass is 378 g/mol. The number of benzene rings is 2. The molecule has 0 bridgehead atoms. The highest BCUT2D eigenvalue weighted by molar-refractivity contribution is 8.77. The van der Waals surface area contributed by atoms with Gasteiger partial charge in [0, 0.05) is 26.4 Å². The summed E-state index contributed by atoms with van der Waals surface area (Å²) in [5.74, 6) is 0. The van der Waals surface area contributed by atoms with Gasteiger partial charge in [-0.2, -0.15) is 0 Å². The normalized spacial score (nSPS) is 17.0. The first-order valence-electron chi connectivity index (χ1n) is 8.13. The van der Waals surface area contributed by atoms with Crippen molar-refractivity contribution in [1.29, 1.82) is 0 Å². The second-order valence-corrected chi connectivity index (χ2v) is 13.5. The molecular weight excluding hydrogens is 355 g/mol. The summed E-state index contributed by atoms with van der Waals surface area (Å²) in [5, 5.41) is 2.88. The van der Waals surface area contributed by atoms with Gasteiger partial charge >= 0.3 is 0 Å². The van der Waals surface area contributed by atoms with Crippen LogP contribution in [-0.2, 0) is 11.8 Å². The second-order valence-electron chi connectivity index (χ2n) is 6.40. The van der Waals surface area contributed by atoms with Crippen molar-refractivity contribution in [2.24, 2.45) is 0 Å². The molecule has 0 spiro atoms. The molecule has 0 nitrogen and oxygen atoms in total. The fourth-order valence-corrected chi connectivity index (χ4v) is 11.8. The van der Waals surface area contributed by atoms with Crippen molar-refractivity contribution in [3.8, 4) is 0 Å². The molecule has 1 atom stereocenters. The Hall–Kier alpha value is -0.210. The number of rotatable bonds is 3. The van der Waals surface area contributed by atoms with Crippen LogP contribution in [0.4, 0.5) is 0 Å². The van der Waals surface area contributed by atoms with E-state index < -0.39 is 6.04 Å². The summed E-state index contributed by atoms with van der Waals surface area (Å²) < 4.78 is 0. The van der Waals surface area contributed by atoms with E-state index in [1.54, 1.807) is 0 Å². The fourth-order valence-electron chi connectivity index (χ4n) is 3.21. The zero-order valence-corrected chi connectivity index (χ0v) is 17.5. The Bertz CT molecular complexity index is 725.